The van der Waals surface area contributed by atoms with Crippen LogP contribution in [0.5, 0.6) is 0 Å². The van der Waals surface area contributed by atoms with Gasteiger partial charge in [-0.2, -0.15) is 0 Å². The van der Waals surface area contributed by atoms with Crippen LogP contribution in [0.1, 0.15) is 18.4 Å². The van der Waals surface area contributed by atoms with E-state index in [2.05, 4.69) is 0 Å². The van der Waals surface area contributed by atoms with Gasteiger partial charge in [0.05, 0.1) is 11.4 Å². The van der Waals surface area contributed by atoms with E-state index >= 15 is 0 Å². The number of carbonyl (C=O) groups excluding carboxylic acids is 1. The molecule has 0 aromatic heterocycles. The molecule has 1 heterocycles. The SMILES string of the molecule is Cc1cc(N2CCCC2C(N)=O)c(N)cc1F. The second-order valence-electron chi connectivity index (χ2n) is 4.41. The highest BCUT2D eigenvalue weighted by Gasteiger charge is 2.30. The van der Waals surface area contributed by atoms with Crippen molar-refractivity contribution in [2.75, 3.05) is 17.2 Å². The van der Waals surface area contributed by atoms with Gasteiger partial charge in [-0.1, -0.05) is 0 Å². The van der Waals surface area contributed by atoms with Gasteiger partial charge in [0.25, 0.3) is 0 Å². The molecule has 0 radical (unpaired) electrons. The van der Waals surface area contributed by atoms with Crippen LogP contribution in [0, 0.1) is 12.7 Å². The van der Waals surface area contributed by atoms with Gasteiger partial charge < -0.3 is 16.4 Å². The number of carbonyl (C=O) groups is 1. The van der Waals surface area contributed by atoms with Gasteiger partial charge in [0.2, 0.25) is 5.91 Å². The highest BCUT2D eigenvalue weighted by molar-refractivity contribution is 5.86. The van der Waals surface area contributed by atoms with E-state index < -0.39 is 0 Å². The number of hydrogen-bond acceptors (Lipinski definition) is 3. The number of nitrogens with two attached hydrogens (primary N) is 2. The average Bonchev–Trinajstić information content (AvgIpc) is 2.72. The predicted octanol–water partition coefficient (Wildman–Crippen LogP) is 1.17. The van der Waals surface area contributed by atoms with Crippen molar-refractivity contribution in [3.63, 3.8) is 0 Å². The van der Waals surface area contributed by atoms with E-state index in [0.29, 0.717) is 16.9 Å². The molecule has 1 aromatic carbocycles. The van der Waals surface area contributed by atoms with E-state index in [4.69, 9.17) is 11.5 Å². The summed E-state index contributed by atoms with van der Waals surface area (Å²) >= 11 is 0. The molecule has 0 bridgehead atoms. The van der Waals surface area contributed by atoms with Crippen LogP contribution in [0.2, 0.25) is 0 Å². The normalized spacial score (nSPS) is 19.6. The summed E-state index contributed by atoms with van der Waals surface area (Å²) in [6.07, 6.45) is 1.62. The quantitative estimate of drug-likeness (QED) is 0.758. The molecule has 17 heavy (non-hydrogen) atoms. The number of anilines is 2. The largest absolute Gasteiger partial charge is 0.397 e. The Kier molecular flexibility index (Phi) is 2.92. The topological polar surface area (TPSA) is 72.3 Å². The van der Waals surface area contributed by atoms with E-state index in [9.17, 15) is 9.18 Å². The minimum atomic E-state index is -0.358. The number of halogens is 1. The van der Waals surface area contributed by atoms with Crippen LogP contribution >= 0.6 is 0 Å². The number of aryl methyl sites for hydroxylation is 1. The number of rotatable bonds is 2. The summed E-state index contributed by atoms with van der Waals surface area (Å²) in [4.78, 5) is 13.2. The van der Waals surface area contributed by atoms with E-state index in [1.807, 2.05) is 4.90 Å². The molecule has 2 rings (SSSR count). The molecule has 0 saturated carbocycles. The predicted molar refractivity (Wildman–Crippen MR) is 65.1 cm³/mol. The Balaban J connectivity index is 2.40. The third-order valence-corrected chi connectivity index (χ3v) is 3.20. The smallest absolute Gasteiger partial charge is 0.240 e. The fourth-order valence-electron chi connectivity index (χ4n) is 2.28. The van der Waals surface area contributed by atoms with E-state index in [-0.39, 0.29) is 17.8 Å². The van der Waals surface area contributed by atoms with E-state index in [1.165, 1.54) is 6.07 Å². The molecule has 1 amide bonds. The highest BCUT2D eigenvalue weighted by atomic mass is 19.1. The molecule has 1 aliphatic heterocycles. The Hall–Kier alpha value is -1.78. The van der Waals surface area contributed by atoms with Gasteiger partial charge in [-0.15, -0.1) is 0 Å². The maximum atomic E-state index is 13.3. The molecule has 4 N–H and O–H groups in total. The highest BCUT2D eigenvalue weighted by Crippen LogP contribution is 2.32. The fraction of sp³-hybridized carbons (Fsp3) is 0.417. The van der Waals surface area contributed by atoms with Crippen LogP contribution in [-0.4, -0.2) is 18.5 Å². The lowest BCUT2D eigenvalue weighted by Crippen LogP contribution is -2.40. The van der Waals surface area contributed by atoms with Gasteiger partial charge in [0.1, 0.15) is 11.9 Å². The first-order chi connectivity index (χ1) is 8.00. The first-order valence-electron chi connectivity index (χ1n) is 5.62. The van der Waals surface area contributed by atoms with Crippen molar-refractivity contribution in [2.45, 2.75) is 25.8 Å². The Morgan fingerprint density at radius 3 is 2.88 bits per heavy atom. The molecular formula is C12H16FN3O. The minimum absolute atomic E-state index is 0.331. The number of benzene rings is 1. The second-order valence-corrected chi connectivity index (χ2v) is 4.41. The number of nitrogen functional groups attached to an aromatic ring is 1. The number of hydrogen-bond donors (Lipinski definition) is 2. The van der Waals surface area contributed by atoms with Gasteiger partial charge in [0, 0.05) is 6.54 Å². The number of primary amides is 1. The van der Waals surface area contributed by atoms with Crippen LogP contribution in [0.15, 0.2) is 12.1 Å². The van der Waals surface area contributed by atoms with Crippen molar-refractivity contribution < 1.29 is 9.18 Å². The molecule has 1 atom stereocenters. The minimum Gasteiger partial charge on any atom is -0.397 e. The van der Waals surface area contributed by atoms with Crippen molar-refractivity contribution in [1.82, 2.24) is 0 Å². The maximum absolute atomic E-state index is 13.3. The lowest BCUT2D eigenvalue weighted by atomic mass is 10.1. The molecule has 92 valence electrons. The molecule has 0 aliphatic carbocycles. The van der Waals surface area contributed by atoms with Crippen molar-refractivity contribution >= 4 is 17.3 Å². The summed E-state index contributed by atoms with van der Waals surface area (Å²) in [5.41, 5.74) is 12.7. The molecule has 1 aliphatic rings. The lowest BCUT2D eigenvalue weighted by Gasteiger charge is -2.26. The zero-order chi connectivity index (χ0) is 12.6. The Bertz CT molecular complexity index is 461. The summed E-state index contributed by atoms with van der Waals surface area (Å²) in [6, 6.07) is 2.63. The number of nitrogens with zero attached hydrogens (tertiary/aromatic N) is 1. The lowest BCUT2D eigenvalue weighted by molar-refractivity contribution is -0.119. The van der Waals surface area contributed by atoms with Crippen molar-refractivity contribution in [2.24, 2.45) is 5.73 Å². The van der Waals surface area contributed by atoms with Crippen LogP contribution in [0.3, 0.4) is 0 Å². The first-order valence-corrected chi connectivity index (χ1v) is 5.62. The third-order valence-electron chi connectivity index (χ3n) is 3.20. The monoisotopic (exact) mass is 237 g/mol. The van der Waals surface area contributed by atoms with Crippen molar-refractivity contribution in [3.05, 3.63) is 23.5 Å². The standard InChI is InChI=1S/C12H16FN3O/c1-7-5-11(9(14)6-8(7)13)16-4-2-3-10(16)12(15)17/h5-6,10H,2-4,14H2,1H3,(H2,15,17). The number of amides is 1. The van der Waals surface area contributed by atoms with Gasteiger partial charge in [-0.25, -0.2) is 4.39 Å². The Morgan fingerprint density at radius 1 is 1.53 bits per heavy atom. The fourth-order valence-corrected chi connectivity index (χ4v) is 2.28. The molecule has 1 aromatic rings. The summed E-state index contributed by atoms with van der Waals surface area (Å²) in [5.74, 6) is -0.690. The van der Waals surface area contributed by atoms with Gasteiger partial charge in [0.15, 0.2) is 0 Å². The van der Waals surface area contributed by atoms with E-state index in [0.717, 1.165) is 19.4 Å². The molecule has 1 fully saturated rings. The Morgan fingerprint density at radius 2 is 2.24 bits per heavy atom. The second kappa shape index (κ2) is 4.24. The summed E-state index contributed by atoms with van der Waals surface area (Å²) < 4.78 is 13.3. The molecule has 0 spiro atoms. The van der Waals surface area contributed by atoms with Crippen molar-refractivity contribution in [3.8, 4) is 0 Å². The average molecular weight is 237 g/mol. The van der Waals surface area contributed by atoms with Gasteiger partial charge in [-0.3, -0.25) is 4.79 Å². The molecule has 1 saturated heterocycles. The third kappa shape index (κ3) is 2.05. The first kappa shape index (κ1) is 11.7. The summed E-state index contributed by atoms with van der Waals surface area (Å²) in [5, 5.41) is 0. The van der Waals surface area contributed by atoms with E-state index in [1.54, 1.807) is 13.0 Å². The zero-order valence-corrected chi connectivity index (χ0v) is 9.74. The molecular weight excluding hydrogens is 221 g/mol. The zero-order valence-electron chi connectivity index (χ0n) is 9.74. The van der Waals surface area contributed by atoms with Gasteiger partial charge in [-0.05, 0) is 37.5 Å². The van der Waals surface area contributed by atoms with Crippen molar-refractivity contribution in [1.29, 1.82) is 0 Å². The van der Waals surface area contributed by atoms with Crippen LogP contribution in [-0.2, 0) is 4.79 Å². The van der Waals surface area contributed by atoms with Crippen LogP contribution in [0.25, 0.3) is 0 Å². The molecule has 4 nitrogen and oxygen atoms in total. The van der Waals surface area contributed by atoms with Gasteiger partial charge >= 0.3 is 0 Å². The maximum Gasteiger partial charge on any atom is 0.240 e. The van der Waals surface area contributed by atoms with Crippen LogP contribution in [0.4, 0.5) is 15.8 Å². The summed E-state index contributed by atoms with van der Waals surface area (Å²) in [6.45, 7) is 2.40. The molecule has 1 unspecified atom stereocenters. The Labute approximate surface area is 99.4 Å². The molecule has 5 heteroatoms. The van der Waals surface area contributed by atoms with Crippen LogP contribution < -0.4 is 16.4 Å². The summed E-state index contributed by atoms with van der Waals surface area (Å²) in [7, 11) is 0.